The third kappa shape index (κ3) is 3.08. The first-order valence-corrected chi connectivity index (χ1v) is 8.14. The first-order valence-electron chi connectivity index (χ1n) is 8.14. The van der Waals surface area contributed by atoms with Crippen LogP contribution in [0.25, 0.3) is 0 Å². The zero-order valence-corrected chi connectivity index (χ0v) is 13.5. The molecule has 1 aromatic rings. The van der Waals surface area contributed by atoms with Crippen molar-refractivity contribution in [2.45, 2.75) is 19.3 Å². The van der Waals surface area contributed by atoms with Crippen molar-refractivity contribution in [1.82, 2.24) is 14.8 Å². The van der Waals surface area contributed by atoms with E-state index in [1.807, 2.05) is 9.80 Å². The summed E-state index contributed by atoms with van der Waals surface area (Å²) in [4.78, 5) is 33.1. The molecule has 3 rings (SSSR count). The first kappa shape index (κ1) is 15.9. The Morgan fingerprint density at radius 3 is 2.83 bits per heavy atom. The monoisotopic (exact) mass is 317 g/mol. The lowest BCUT2D eigenvalue weighted by Crippen LogP contribution is -2.50. The van der Waals surface area contributed by atoms with Gasteiger partial charge in [-0.25, -0.2) is 0 Å². The molecule has 2 amide bonds. The lowest BCUT2D eigenvalue weighted by atomic mass is 9.78. The van der Waals surface area contributed by atoms with E-state index in [0.717, 1.165) is 25.8 Å². The summed E-state index contributed by atoms with van der Waals surface area (Å²) in [6.45, 7) is 3.20. The van der Waals surface area contributed by atoms with Crippen molar-refractivity contribution in [2.75, 3.05) is 39.9 Å². The molecule has 6 nitrogen and oxygen atoms in total. The van der Waals surface area contributed by atoms with E-state index in [4.69, 9.17) is 4.74 Å². The molecule has 2 fully saturated rings. The summed E-state index contributed by atoms with van der Waals surface area (Å²) >= 11 is 0. The fraction of sp³-hybridized carbons (Fsp3) is 0.588. The van der Waals surface area contributed by atoms with Crippen LogP contribution in [-0.4, -0.2) is 66.5 Å². The van der Waals surface area contributed by atoms with Gasteiger partial charge in [0.2, 0.25) is 5.91 Å². The highest BCUT2D eigenvalue weighted by atomic mass is 16.5. The van der Waals surface area contributed by atoms with Crippen LogP contribution in [0.3, 0.4) is 0 Å². The number of hydrogen-bond acceptors (Lipinski definition) is 4. The van der Waals surface area contributed by atoms with Gasteiger partial charge in [-0.1, -0.05) is 0 Å². The maximum atomic E-state index is 12.8. The zero-order valence-electron chi connectivity index (χ0n) is 13.5. The first-order chi connectivity index (χ1) is 11.2. The Labute approximate surface area is 136 Å². The molecule has 0 aromatic carbocycles. The van der Waals surface area contributed by atoms with Gasteiger partial charge < -0.3 is 14.5 Å². The summed E-state index contributed by atoms with van der Waals surface area (Å²) < 4.78 is 5.08. The number of likely N-dealkylation sites (tertiary alicyclic amines) is 2. The molecule has 2 saturated heterocycles. The van der Waals surface area contributed by atoms with Gasteiger partial charge in [0.05, 0.1) is 12.0 Å². The topological polar surface area (TPSA) is 62.7 Å². The third-order valence-corrected chi connectivity index (χ3v) is 4.96. The van der Waals surface area contributed by atoms with E-state index in [1.54, 1.807) is 31.6 Å². The number of rotatable bonds is 4. The predicted octanol–water partition coefficient (Wildman–Crippen LogP) is 1.18. The van der Waals surface area contributed by atoms with Crippen molar-refractivity contribution in [2.24, 2.45) is 5.41 Å². The number of amides is 2. The summed E-state index contributed by atoms with van der Waals surface area (Å²) in [5, 5.41) is 0. The fourth-order valence-corrected chi connectivity index (χ4v) is 3.67. The van der Waals surface area contributed by atoms with Crippen LogP contribution in [0.15, 0.2) is 24.5 Å². The lowest BCUT2D eigenvalue weighted by molar-refractivity contribution is -0.138. The Morgan fingerprint density at radius 2 is 2.09 bits per heavy atom. The molecule has 2 aliphatic heterocycles. The fourth-order valence-electron chi connectivity index (χ4n) is 3.67. The van der Waals surface area contributed by atoms with Gasteiger partial charge in [0.15, 0.2) is 0 Å². The molecule has 23 heavy (non-hydrogen) atoms. The van der Waals surface area contributed by atoms with Crippen molar-refractivity contribution < 1.29 is 14.3 Å². The highest BCUT2D eigenvalue weighted by Crippen LogP contribution is 2.40. The average Bonchev–Trinajstić information content (AvgIpc) is 2.89. The average molecular weight is 317 g/mol. The van der Waals surface area contributed by atoms with Crippen molar-refractivity contribution in [3.05, 3.63) is 30.1 Å². The Morgan fingerprint density at radius 1 is 1.30 bits per heavy atom. The van der Waals surface area contributed by atoms with Crippen molar-refractivity contribution in [3.8, 4) is 0 Å². The molecule has 0 bridgehead atoms. The largest absolute Gasteiger partial charge is 0.383 e. The quantitative estimate of drug-likeness (QED) is 0.837. The minimum atomic E-state index is -0.394. The maximum Gasteiger partial charge on any atom is 0.253 e. The minimum Gasteiger partial charge on any atom is -0.383 e. The van der Waals surface area contributed by atoms with E-state index in [9.17, 15) is 9.59 Å². The van der Waals surface area contributed by atoms with Gasteiger partial charge in [-0.15, -0.1) is 0 Å². The predicted molar refractivity (Wildman–Crippen MR) is 84.9 cm³/mol. The Kier molecular flexibility index (Phi) is 4.61. The van der Waals surface area contributed by atoms with Crippen LogP contribution in [0, 0.1) is 5.41 Å². The Hall–Kier alpha value is -1.95. The molecule has 0 N–H and O–H groups in total. The molecular formula is C17H23N3O3. The SMILES string of the molecule is COCCN1CC[C@@]2(CCCN(C(=O)c3ccncc3)C2)C1=O. The van der Waals surface area contributed by atoms with Crippen LogP contribution >= 0.6 is 0 Å². The molecule has 124 valence electrons. The number of nitrogens with zero attached hydrogens (tertiary/aromatic N) is 3. The Bertz CT molecular complexity index is 578. The summed E-state index contributed by atoms with van der Waals surface area (Å²) in [6.07, 6.45) is 5.83. The maximum absolute atomic E-state index is 12.8. The molecule has 0 radical (unpaired) electrons. The number of aromatic nitrogens is 1. The molecule has 2 aliphatic rings. The standard InChI is InChI=1S/C17H23N3O3/c1-23-12-11-19-10-6-17(16(19)22)5-2-9-20(13-17)15(21)14-3-7-18-8-4-14/h3-4,7-8H,2,5-6,9-13H2,1H3/t17-/m1/s1. The summed E-state index contributed by atoms with van der Waals surface area (Å²) in [5.41, 5.74) is 0.244. The molecule has 0 unspecified atom stereocenters. The molecule has 1 spiro atoms. The number of hydrogen-bond donors (Lipinski definition) is 0. The second-order valence-electron chi connectivity index (χ2n) is 6.38. The van der Waals surface area contributed by atoms with Gasteiger partial charge in [0, 0.05) is 51.2 Å². The van der Waals surface area contributed by atoms with E-state index in [-0.39, 0.29) is 11.8 Å². The minimum absolute atomic E-state index is 0.00498. The molecule has 6 heteroatoms. The van der Waals surface area contributed by atoms with Gasteiger partial charge in [0.1, 0.15) is 0 Å². The number of methoxy groups -OCH3 is 1. The number of ether oxygens (including phenoxy) is 1. The van der Waals surface area contributed by atoms with E-state index < -0.39 is 5.41 Å². The highest BCUT2D eigenvalue weighted by molar-refractivity contribution is 5.95. The van der Waals surface area contributed by atoms with E-state index in [2.05, 4.69) is 4.98 Å². The van der Waals surface area contributed by atoms with E-state index in [1.165, 1.54) is 0 Å². The van der Waals surface area contributed by atoms with Crippen LogP contribution in [0.2, 0.25) is 0 Å². The van der Waals surface area contributed by atoms with Crippen LogP contribution in [0.1, 0.15) is 29.6 Å². The van der Waals surface area contributed by atoms with Crippen LogP contribution in [-0.2, 0) is 9.53 Å². The second-order valence-corrected chi connectivity index (χ2v) is 6.38. The van der Waals surface area contributed by atoms with Gasteiger partial charge >= 0.3 is 0 Å². The molecule has 1 atom stereocenters. The molecular weight excluding hydrogens is 294 g/mol. The van der Waals surface area contributed by atoms with Gasteiger partial charge in [-0.3, -0.25) is 14.6 Å². The van der Waals surface area contributed by atoms with Crippen molar-refractivity contribution >= 4 is 11.8 Å². The molecule has 0 aliphatic carbocycles. The number of piperidine rings is 1. The van der Waals surface area contributed by atoms with Gasteiger partial charge in [-0.05, 0) is 31.4 Å². The molecule has 1 aromatic heterocycles. The van der Waals surface area contributed by atoms with Crippen molar-refractivity contribution in [3.63, 3.8) is 0 Å². The lowest BCUT2D eigenvalue weighted by Gasteiger charge is -2.39. The zero-order chi connectivity index (χ0) is 16.3. The van der Waals surface area contributed by atoms with Gasteiger partial charge in [-0.2, -0.15) is 0 Å². The third-order valence-electron chi connectivity index (χ3n) is 4.96. The van der Waals surface area contributed by atoms with Crippen LogP contribution in [0.4, 0.5) is 0 Å². The number of carbonyl (C=O) groups excluding carboxylic acids is 2. The van der Waals surface area contributed by atoms with Crippen molar-refractivity contribution in [1.29, 1.82) is 0 Å². The summed E-state index contributed by atoms with van der Waals surface area (Å²) in [5.74, 6) is 0.177. The summed E-state index contributed by atoms with van der Waals surface area (Å²) in [7, 11) is 1.64. The number of carbonyl (C=O) groups is 2. The van der Waals surface area contributed by atoms with E-state index >= 15 is 0 Å². The highest BCUT2D eigenvalue weighted by Gasteiger charge is 2.49. The van der Waals surface area contributed by atoms with Crippen LogP contribution in [0.5, 0.6) is 0 Å². The normalized spacial score (nSPS) is 24.5. The van der Waals surface area contributed by atoms with E-state index in [0.29, 0.717) is 31.8 Å². The molecule has 3 heterocycles. The van der Waals surface area contributed by atoms with Crippen LogP contribution < -0.4 is 0 Å². The second kappa shape index (κ2) is 6.66. The Balaban J connectivity index is 1.71. The smallest absolute Gasteiger partial charge is 0.253 e. The van der Waals surface area contributed by atoms with Gasteiger partial charge in [0.25, 0.3) is 5.91 Å². The summed E-state index contributed by atoms with van der Waals surface area (Å²) in [6, 6.07) is 3.45. The number of pyridine rings is 1. The molecule has 0 saturated carbocycles.